The summed E-state index contributed by atoms with van der Waals surface area (Å²) < 4.78 is 32.7. The molecule has 0 aliphatic heterocycles. The zero-order valence-corrected chi connectivity index (χ0v) is 12.7. The van der Waals surface area contributed by atoms with Crippen LogP contribution in [0.1, 0.15) is 22.8 Å². The predicted molar refractivity (Wildman–Crippen MR) is 79.2 cm³/mol. The fourth-order valence-electron chi connectivity index (χ4n) is 1.79. The molecule has 2 rings (SSSR count). The number of hydrogen-bond acceptors (Lipinski definition) is 6. The lowest BCUT2D eigenvalue weighted by atomic mass is 10.0. The molecule has 1 aromatic carbocycles. The van der Waals surface area contributed by atoms with Crippen molar-refractivity contribution in [2.24, 2.45) is 0 Å². The number of anilines is 1. The van der Waals surface area contributed by atoms with E-state index in [1.54, 1.807) is 0 Å². The van der Waals surface area contributed by atoms with Crippen LogP contribution in [0, 0.1) is 11.6 Å². The minimum Gasteiger partial charge on any atom is -0.494 e. The second-order valence-electron chi connectivity index (χ2n) is 4.15. The topological polar surface area (TPSA) is 78.1 Å². The number of ether oxygens (including phenoxy) is 1. The SMILES string of the molecule is CCSc1ncc(C(=O)c2c(F)ccc(OC)c2F)c(N)n1. The molecule has 5 nitrogen and oxygen atoms in total. The third-order valence-electron chi connectivity index (χ3n) is 2.82. The van der Waals surface area contributed by atoms with Crippen molar-refractivity contribution in [3.05, 3.63) is 41.1 Å². The number of nitrogens with two attached hydrogens (primary N) is 1. The molecule has 2 N–H and O–H groups in total. The molecule has 0 radical (unpaired) electrons. The van der Waals surface area contributed by atoms with Crippen molar-refractivity contribution in [2.45, 2.75) is 12.1 Å². The van der Waals surface area contributed by atoms with Crippen molar-refractivity contribution in [1.82, 2.24) is 9.97 Å². The number of methoxy groups -OCH3 is 1. The second kappa shape index (κ2) is 6.69. The molecular weight excluding hydrogens is 312 g/mol. The molecule has 0 atom stereocenters. The van der Waals surface area contributed by atoms with Gasteiger partial charge in [-0.1, -0.05) is 18.7 Å². The maximum absolute atomic E-state index is 14.1. The smallest absolute Gasteiger partial charge is 0.204 e. The van der Waals surface area contributed by atoms with Crippen LogP contribution in [0.4, 0.5) is 14.6 Å². The molecule has 1 heterocycles. The summed E-state index contributed by atoms with van der Waals surface area (Å²) in [7, 11) is 1.22. The van der Waals surface area contributed by atoms with Gasteiger partial charge in [0, 0.05) is 6.20 Å². The summed E-state index contributed by atoms with van der Waals surface area (Å²) in [6, 6.07) is 2.05. The molecule has 0 saturated heterocycles. The van der Waals surface area contributed by atoms with Gasteiger partial charge in [0.15, 0.2) is 16.7 Å². The highest BCUT2D eigenvalue weighted by molar-refractivity contribution is 7.99. The van der Waals surface area contributed by atoms with Gasteiger partial charge >= 0.3 is 0 Å². The van der Waals surface area contributed by atoms with Gasteiger partial charge in [0.05, 0.1) is 18.2 Å². The van der Waals surface area contributed by atoms with E-state index in [1.165, 1.54) is 25.1 Å². The van der Waals surface area contributed by atoms with Crippen LogP contribution in [0.5, 0.6) is 5.75 Å². The molecule has 0 spiro atoms. The monoisotopic (exact) mass is 325 g/mol. The first kappa shape index (κ1) is 16.2. The minimum absolute atomic E-state index is 0.127. The normalized spacial score (nSPS) is 10.5. The number of aromatic nitrogens is 2. The number of hydrogen-bond donors (Lipinski definition) is 1. The molecule has 22 heavy (non-hydrogen) atoms. The van der Waals surface area contributed by atoms with Gasteiger partial charge in [-0.15, -0.1) is 0 Å². The summed E-state index contributed by atoms with van der Waals surface area (Å²) in [6.45, 7) is 1.91. The number of carbonyl (C=O) groups excluding carboxylic acids is 1. The Morgan fingerprint density at radius 1 is 1.41 bits per heavy atom. The van der Waals surface area contributed by atoms with E-state index in [-0.39, 0.29) is 17.1 Å². The fourth-order valence-corrected chi connectivity index (χ4v) is 2.33. The molecule has 0 fully saturated rings. The molecule has 0 unspecified atom stereocenters. The first-order valence-electron chi connectivity index (χ1n) is 6.31. The molecule has 1 aromatic heterocycles. The summed E-state index contributed by atoms with van der Waals surface area (Å²) in [5.41, 5.74) is 4.79. The second-order valence-corrected chi connectivity index (χ2v) is 5.38. The first-order chi connectivity index (χ1) is 10.5. The van der Waals surface area contributed by atoms with Crippen LogP contribution >= 0.6 is 11.8 Å². The quantitative estimate of drug-likeness (QED) is 0.517. The van der Waals surface area contributed by atoms with E-state index in [4.69, 9.17) is 10.5 Å². The molecule has 0 saturated carbocycles. The molecule has 0 amide bonds. The lowest BCUT2D eigenvalue weighted by Crippen LogP contribution is -2.13. The molecule has 2 aromatic rings. The lowest BCUT2D eigenvalue weighted by molar-refractivity contribution is 0.103. The molecule has 0 bridgehead atoms. The summed E-state index contributed by atoms with van der Waals surface area (Å²) in [4.78, 5) is 20.2. The Balaban J connectivity index is 2.49. The van der Waals surface area contributed by atoms with Crippen LogP contribution in [0.2, 0.25) is 0 Å². The maximum atomic E-state index is 14.1. The van der Waals surface area contributed by atoms with E-state index in [0.29, 0.717) is 5.16 Å². The van der Waals surface area contributed by atoms with Gasteiger partial charge in [-0.25, -0.2) is 18.7 Å². The number of rotatable bonds is 5. The molecular formula is C14H13F2N3O2S. The van der Waals surface area contributed by atoms with E-state index < -0.39 is 23.0 Å². The molecule has 8 heteroatoms. The molecule has 0 aliphatic rings. The highest BCUT2D eigenvalue weighted by Gasteiger charge is 2.24. The van der Waals surface area contributed by atoms with E-state index in [0.717, 1.165) is 17.9 Å². The van der Waals surface area contributed by atoms with Crippen molar-refractivity contribution < 1.29 is 18.3 Å². The fraction of sp³-hybridized carbons (Fsp3) is 0.214. The largest absolute Gasteiger partial charge is 0.494 e. The number of benzene rings is 1. The maximum Gasteiger partial charge on any atom is 0.204 e. The summed E-state index contributed by atoms with van der Waals surface area (Å²) in [5.74, 6) is -2.65. The van der Waals surface area contributed by atoms with Crippen molar-refractivity contribution in [1.29, 1.82) is 0 Å². The molecule has 0 aliphatic carbocycles. The highest BCUT2D eigenvalue weighted by Crippen LogP contribution is 2.26. The number of ketones is 1. The van der Waals surface area contributed by atoms with Crippen molar-refractivity contribution in [3.8, 4) is 5.75 Å². The van der Waals surface area contributed by atoms with Crippen LogP contribution in [0.3, 0.4) is 0 Å². The third kappa shape index (κ3) is 3.01. The zero-order valence-electron chi connectivity index (χ0n) is 11.9. The average molecular weight is 325 g/mol. The number of carbonyl (C=O) groups is 1. The van der Waals surface area contributed by atoms with Gasteiger partial charge < -0.3 is 10.5 Å². The minimum atomic E-state index is -1.08. The standard InChI is InChI=1S/C14H13F2N3O2S/c1-3-22-14-18-6-7(13(17)19-14)12(20)10-8(15)4-5-9(21-2)11(10)16/h4-6H,3H2,1-2H3,(H2,17,18,19). The van der Waals surface area contributed by atoms with Crippen molar-refractivity contribution in [2.75, 3.05) is 18.6 Å². The zero-order chi connectivity index (χ0) is 16.3. The van der Waals surface area contributed by atoms with Gasteiger partial charge in [0.2, 0.25) is 5.78 Å². The first-order valence-corrected chi connectivity index (χ1v) is 7.30. The van der Waals surface area contributed by atoms with Crippen LogP contribution in [-0.4, -0.2) is 28.6 Å². The van der Waals surface area contributed by atoms with E-state index in [1.807, 2.05) is 6.92 Å². The number of nitrogens with zero attached hydrogens (tertiary/aromatic N) is 2. The van der Waals surface area contributed by atoms with Gasteiger partial charge in [0.1, 0.15) is 11.6 Å². The van der Waals surface area contributed by atoms with Crippen LogP contribution in [0.25, 0.3) is 0 Å². The summed E-state index contributed by atoms with van der Waals surface area (Å²) >= 11 is 1.34. The van der Waals surface area contributed by atoms with Crippen LogP contribution < -0.4 is 10.5 Å². The third-order valence-corrected chi connectivity index (χ3v) is 3.56. The Kier molecular flexibility index (Phi) is 4.92. The summed E-state index contributed by atoms with van der Waals surface area (Å²) in [5, 5.41) is 0.392. The van der Waals surface area contributed by atoms with Gasteiger partial charge in [-0.05, 0) is 17.9 Å². The Morgan fingerprint density at radius 2 is 2.14 bits per heavy atom. The Hall–Kier alpha value is -2.22. The van der Waals surface area contributed by atoms with Gasteiger partial charge in [0.25, 0.3) is 0 Å². The van der Waals surface area contributed by atoms with Gasteiger partial charge in [-0.3, -0.25) is 4.79 Å². The summed E-state index contributed by atoms with van der Waals surface area (Å²) in [6.07, 6.45) is 1.17. The van der Waals surface area contributed by atoms with Crippen LogP contribution in [0.15, 0.2) is 23.5 Å². The highest BCUT2D eigenvalue weighted by atomic mass is 32.2. The Bertz CT molecular complexity index is 725. The van der Waals surface area contributed by atoms with Crippen LogP contribution in [-0.2, 0) is 0 Å². The number of thioether (sulfide) groups is 1. The van der Waals surface area contributed by atoms with E-state index in [9.17, 15) is 13.6 Å². The number of halogens is 2. The van der Waals surface area contributed by atoms with E-state index in [2.05, 4.69) is 9.97 Å². The van der Waals surface area contributed by atoms with Crippen molar-refractivity contribution in [3.63, 3.8) is 0 Å². The van der Waals surface area contributed by atoms with E-state index >= 15 is 0 Å². The molecule has 116 valence electrons. The van der Waals surface area contributed by atoms with Crippen molar-refractivity contribution >= 4 is 23.4 Å². The number of nitrogen functional groups attached to an aromatic ring is 1. The average Bonchev–Trinajstić information content (AvgIpc) is 2.48. The Morgan fingerprint density at radius 3 is 2.73 bits per heavy atom. The lowest BCUT2D eigenvalue weighted by Gasteiger charge is -2.09. The van der Waals surface area contributed by atoms with Gasteiger partial charge in [-0.2, -0.15) is 0 Å². The predicted octanol–water partition coefficient (Wildman–Crippen LogP) is 2.69. The Labute approximate surface area is 129 Å².